The molecule has 3 rings (SSSR count). The fourth-order valence-corrected chi connectivity index (χ4v) is 5.25. The highest BCUT2D eigenvalue weighted by molar-refractivity contribution is 7.89. The lowest BCUT2D eigenvalue weighted by Crippen LogP contribution is -2.41. The monoisotopic (exact) mass is 461 g/mol. The number of rotatable bonds is 7. The van der Waals surface area contributed by atoms with Crippen LogP contribution >= 0.6 is 0 Å². The van der Waals surface area contributed by atoms with Crippen LogP contribution in [0.15, 0.2) is 47.4 Å². The summed E-state index contributed by atoms with van der Waals surface area (Å²) in [6, 6.07) is 11.5. The van der Waals surface area contributed by atoms with Crippen LogP contribution in [0.1, 0.15) is 19.8 Å². The molecule has 0 atom stereocenters. The fourth-order valence-electron chi connectivity index (χ4n) is 3.61. The van der Waals surface area contributed by atoms with Gasteiger partial charge in [0.2, 0.25) is 21.8 Å². The third kappa shape index (κ3) is 5.38. The molecule has 0 aliphatic carbocycles. The normalized spacial score (nSPS) is 15.1. The Kier molecular flexibility index (Phi) is 7.37. The van der Waals surface area contributed by atoms with Crippen molar-refractivity contribution in [2.75, 3.05) is 37.9 Å². The minimum Gasteiger partial charge on any atom is -0.497 e. The number of nitrogens with one attached hydrogen (secondary N) is 2. The van der Waals surface area contributed by atoms with E-state index in [0.29, 0.717) is 30.0 Å². The number of ether oxygens (including phenoxy) is 2. The summed E-state index contributed by atoms with van der Waals surface area (Å²) in [5.74, 6) is -0.0429. The minimum atomic E-state index is -3.81. The van der Waals surface area contributed by atoms with E-state index in [1.807, 2.05) is 0 Å². The first kappa shape index (κ1) is 23.6. The number of sulfonamides is 1. The van der Waals surface area contributed by atoms with Crippen molar-refractivity contribution >= 4 is 33.2 Å². The van der Waals surface area contributed by atoms with Gasteiger partial charge in [-0.15, -0.1) is 0 Å². The lowest BCUT2D eigenvalue weighted by atomic mass is 9.97. The van der Waals surface area contributed by atoms with E-state index < -0.39 is 10.0 Å². The standard InChI is InChI=1S/C22H27N3O6S/c1-15(26)23-17-5-4-6-18(13-17)24-22(27)16-9-11-25(12-10-16)32(28,29)21-14-19(30-2)7-8-20(21)31-3/h4-8,13-14,16H,9-12H2,1-3H3,(H,23,26)(H,24,27). The Morgan fingerprint density at radius 2 is 1.62 bits per heavy atom. The second-order valence-corrected chi connectivity index (χ2v) is 9.35. The van der Waals surface area contributed by atoms with Crippen LogP contribution in [0.5, 0.6) is 11.5 Å². The summed E-state index contributed by atoms with van der Waals surface area (Å²) in [4.78, 5) is 24.0. The average Bonchev–Trinajstić information content (AvgIpc) is 2.78. The molecule has 1 saturated heterocycles. The third-order valence-corrected chi connectivity index (χ3v) is 7.18. The molecule has 0 bridgehead atoms. The number of piperidine rings is 1. The minimum absolute atomic E-state index is 0.0389. The van der Waals surface area contributed by atoms with E-state index >= 15 is 0 Å². The molecule has 0 spiro atoms. The summed E-state index contributed by atoms with van der Waals surface area (Å²) < 4.78 is 38.1. The highest BCUT2D eigenvalue weighted by Crippen LogP contribution is 2.32. The quantitative estimate of drug-likeness (QED) is 0.655. The Hall–Kier alpha value is -3.11. The van der Waals surface area contributed by atoms with Crippen molar-refractivity contribution in [3.8, 4) is 11.5 Å². The van der Waals surface area contributed by atoms with Crippen LogP contribution in [0.3, 0.4) is 0 Å². The van der Waals surface area contributed by atoms with Crippen LogP contribution in [0, 0.1) is 5.92 Å². The van der Waals surface area contributed by atoms with Gasteiger partial charge in [0.05, 0.1) is 14.2 Å². The maximum atomic E-state index is 13.2. The van der Waals surface area contributed by atoms with Crippen molar-refractivity contribution in [3.63, 3.8) is 0 Å². The maximum Gasteiger partial charge on any atom is 0.246 e. The van der Waals surface area contributed by atoms with Gasteiger partial charge in [-0.1, -0.05) is 6.07 Å². The molecule has 0 radical (unpaired) electrons. The number of carbonyl (C=O) groups excluding carboxylic acids is 2. The molecule has 10 heteroatoms. The van der Waals surface area contributed by atoms with E-state index in [1.165, 1.54) is 31.5 Å². The zero-order valence-corrected chi connectivity index (χ0v) is 19.1. The number of benzene rings is 2. The lowest BCUT2D eigenvalue weighted by molar-refractivity contribution is -0.121. The van der Waals surface area contributed by atoms with Crippen LogP contribution < -0.4 is 20.1 Å². The zero-order valence-electron chi connectivity index (χ0n) is 18.3. The van der Waals surface area contributed by atoms with Crippen LogP contribution in [0.25, 0.3) is 0 Å². The van der Waals surface area contributed by atoms with E-state index in [-0.39, 0.29) is 41.5 Å². The van der Waals surface area contributed by atoms with Crippen molar-refractivity contribution in [2.24, 2.45) is 5.92 Å². The maximum absolute atomic E-state index is 13.2. The first-order chi connectivity index (χ1) is 15.2. The highest BCUT2D eigenvalue weighted by Gasteiger charge is 2.34. The van der Waals surface area contributed by atoms with Crippen LogP contribution in [0.2, 0.25) is 0 Å². The number of anilines is 2. The van der Waals surface area contributed by atoms with Crippen molar-refractivity contribution in [3.05, 3.63) is 42.5 Å². The van der Waals surface area contributed by atoms with Gasteiger partial charge in [-0.25, -0.2) is 8.42 Å². The molecule has 0 unspecified atom stereocenters. The molecule has 2 amide bonds. The Balaban J connectivity index is 1.66. The topological polar surface area (TPSA) is 114 Å². The van der Waals surface area contributed by atoms with Gasteiger partial charge in [-0.3, -0.25) is 9.59 Å². The summed E-state index contributed by atoms with van der Waals surface area (Å²) in [6.45, 7) is 1.84. The molecule has 1 heterocycles. The van der Waals surface area contributed by atoms with Crippen LogP contribution in [-0.4, -0.2) is 51.8 Å². The van der Waals surface area contributed by atoms with Crippen molar-refractivity contribution in [2.45, 2.75) is 24.7 Å². The second-order valence-electron chi connectivity index (χ2n) is 7.45. The smallest absolute Gasteiger partial charge is 0.246 e. The molecule has 9 nitrogen and oxygen atoms in total. The first-order valence-corrected chi connectivity index (χ1v) is 11.6. The molecule has 0 aromatic heterocycles. The van der Waals surface area contributed by atoms with E-state index in [0.717, 1.165) is 0 Å². The van der Waals surface area contributed by atoms with E-state index in [2.05, 4.69) is 10.6 Å². The van der Waals surface area contributed by atoms with Gasteiger partial charge in [0, 0.05) is 43.4 Å². The van der Waals surface area contributed by atoms with E-state index in [1.54, 1.807) is 36.4 Å². The largest absolute Gasteiger partial charge is 0.497 e. The molecule has 32 heavy (non-hydrogen) atoms. The Morgan fingerprint density at radius 3 is 2.22 bits per heavy atom. The summed E-state index contributed by atoms with van der Waals surface area (Å²) >= 11 is 0. The molecule has 2 N–H and O–H groups in total. The predicted molar refractivity (Wildman–Crippen MR) is 120 cm³/mol. The fraction of sp³-hybridized carbons (Fsp3) is 0.364. The molecule has 1 fully saturated rings. The molecule has 1 aliphatic heterocycles. The van der Waals surface area contributed by atoms with Gasteiger partial charge in [-0.2, -0.15) is 4.31 Å². The molecule has 1 aliphatic rings. The van der Waals surface area contributed by atoms with Crippen LogP contribution in [-0.2, 0) is 19.6 Å². The molecule has 172 valence electrons. The second kappa shape index (κ2) is 10.0. The third-order valence-electron chi connectivity index (χ3n) is 5.26. The van der Waals surface area contributed by atoms with Gasteiger partial charge in [0.1, 0.15) is 16.4 Å². The SMILES string of the molecule is COc1ccc(OC)c(S(=O)(=O)N2CCC(C(=O)Nc3cccc(NC(C)=O)c3)CC2)c1. The molecular weight excluding hydrogens is 434 g/mol. The van der Waals surface area contributed by atoms with Gasteiger partial charge < -0.3 is 20.1 Å². The summed E-state index contributed by atoms with van der Waals surface area (Å²) in [5.41, 5.74) is 1.15. The van der Waals surface area contributed by atoms with E-state index in [9.17, 15) is 18.0 Å². The van der Waals surface area contributed by atoms with Gasteiger partial charge >= 0.3 is 0 Å². The van der Waals surface area contributed by atoms with Crippen molar-refractivity contribution in [1.29, 1.82) is 0 Å². The van der Waals surface area contributed by atoms with Crippen LogP contribution in [0.4, 0.5) is 11.4 Å². The molecule has 2 aromatic carbocycles. The number of amides is 2. The van der Waals surface area contributed by atoms with Crippen molar-refractivity contribution < 1.29 is 27.5 Å². The highest BCUT2D eigenvalue weighted by atomic mass is 32.2. The van der Waals surface area contributed by atoms with Gasteiger partial charge in [0.15, 0.2) is 0 Å². The molecule has 2 aromatic rings. The first-order valence-electron chi connectivity index (χ1n) is 10.2. The predicted octanol–water partition coefficient (Wildman–Crippen LogP) is 2.70. The Morgan fingerprint density at radius 1 is 0.969 bits per heavy atom. The summed E-state index contributed by atoms with van der Waals surface area (Å²) in [5, 5.41) is 5.52. The van der Waals surface area contributed by atoms with Gasteiger partial charge in [-0.05, 0) is 43.2 Å². The summed E-state index contributed by atoms with van der Waals surface area (Å²) in [6.07, 6.45) is 0.783. The number of hydrogen-bond acceptors (Lipinski definition) is 6. The Labute approximate surface area is 187 Å². The van der Waals surface area contributed by atoms with Crippen molar-refractivity contribution in [1.82, 2.24) is 4.31 Å². The summed E-state index contributed by atoms with van der Waals surface area (Å²) in [7, 11) is -0.925. The number of nitrogens with zero attached hydrogens (tertiary/aromatic N) is 1. The number of carbonyl (C=O) groups is 2. The number of hydrogen-bond donors (Lipinski definition) is 2. The number of methoxy groups -OCH3 is 2. The van der Waals surface area contributed by atoms with E-state index in [4.69, 9.17) is 9.47 Å². The molecular formula is C22H27N3O6S. The average molecular weight is 462 g/mol. The molecule has 0 saturated carbocycles. The van der Waals surface area contributed by atoms with Gasteiger partial charge in [0.25, 0.3) is 0 Å². The zero-order chi connectivity index (χ0) is 23.3. The Bertz CT molecular complexity index is 1090. The lowest BCUT2D eigenvalue weighted by Gasteiger charge is -2.31.